The molecule has 0 aliphatic carbocycles. The molecule has 0 radical (unpaired) electrons. The van der Waals surface area contributed by atoms with Gasteiger partial charge in [-0.25, -0.2) is 0 Å². The molecule has 24 heavy (non-hydrogen) atoms. The van der Waals surface area contributed by atoms with Gasteiger partial charge in [0.25, 0.3) is 0 Å². The van der Waals surface area contributed by atoms with E-state index in [1.165, 1.54) is 38.5 Å². The Kier molecular flexibility index (Phi) is 16.6. The summed E-state index contributed by atoms with van der Waals surface area (Å²) in [4.78, 5) is 21.9. The van der Waals surface area contributed by atoms with Crippen LogP contribution in [0, 0.1) is 0 Å². The third-order valence-corrected chi connectivity index (χ3v) is 4.40. The summed E-state index contributed by atoms with van der Waals surface area (Å²) in [6, 6.07) is -0.424. The third-order valence-electron chi connectivity index (χ3n) is 4.14. The SMILES string of the molecule is NC(CCS)C(=O)NCCCCCCCCCCCCCC(=O)O. The van der Waals surface area contributed by atoms with Gasteiger partial charge in [0.05, 0.1) is 6.04 Å². The molecule has 0 rings (SSSR count). The van der Waals surface area contributed by atoms with E-state index < -0.39 is 12.0 Å². The average Bonchev–Trinajstić information content (AvgIpc) is 2.54. The van der Waals surface area contributed by atoms with Gasteiger partial charge in [0.15, 0.2) is 0 Å². The van der Waals surface area contributed by atoms with Gasteiger partial charge in [-0.1, -0.05) is 57.8 Å². The topological polar surface area (TPSA) is 92.4 Å². The maximum absolute atomic E-state index is 11.6. The number of nitrogens with two attached hydrogens (primary N) is 1. The molecule has 0 fully saturated rings. The Morgan fingerprint density at radius 1 is 0.875 bits per heavy atom. The van der Waals surface area contributed by atoms with Crippen molar-refractivity contribution in [1.29, 1.82) is 0 Å². The van der Waals surface area contributed by atoms with Crippen molar-refractivity contribution in [3.05, 3.63) is 0 Å². The normalized spacial score (nSPS) is 12.1. The molecule has 0 aromatic carbocycles. The van der Waals surface area contributed by atoms with Crippen LogP contribution in [0.15, 0.2) is 0 Å². The second-order valence-corrected chi connectivity index (χ2v) is 6.89. The van der Waals surface area contributed by atoms with E-state index in [1.807, 2.05) is 0 Å². The average molecular weight is 361 g/mol. The van der Waals surface area contributed by atoms with Crippen molar-refractivity contribution in [1.82, 2.24) is 5.32 Å². The molecule has 1 atom stereocenters. The zero-order valence-electron chi connectivity index (χ0n) is 15.0. The number of hydrogen-bond donors (Lipinski definition) is 4. The van der Waals surface area contributed by atoms with Crippen molar-refractivity contribution in [2.75, 3.05) is 12.3 Å². The molecule has 5 nitrogen and oxygen atoms in total. The van der Waals surface area contributed by atoms with Gasteiger partial charge >= 0.3 is 5.97 Å². The van der Waals surface area contributed by atoms with E-state index in [0.29, 0.717) is 18.6 Å². The zero-order valence-corrected chi connectivity index (χ0v) is 15.9. The molecule has 6 heteroatoms. The number of nitrogens with one attached hydrogen (secondary N) is 1. The first-order valence-corrected chi connectivity index (χ1v) is 10.1. The van der Waals surface area contributed by atoms with E-state index in [-0.39, 0.29) is 5.91 Å². The lowest BCUT2D eigenvalue weighted by atomic mass is 10.1. The highest BCUT2D eigenvalue weighted by Crippen LogP contribution is 2.11. The minimum Gasteiger partial charge on any atom is -0.481 e. The molecule has 1 unspecified atom stereocenters. The van der Waals surface area contributed by atoms with Crippen LogP contribution in [0.25, 0.3) is 0 Å². The van der Waals surface area contributed by atoms with Crippen LogP contribution in [0.3, 0.4) is 0 Å². The Hall–Kier alpha value is -0.750. The van der Waals surface area contributed by atoms with Gasteiger partial charge in [-0.3, -0.25) is 9.59 Å². The summed E-state index contributed by atoms with van der Waals surface area (Å²) in [5.41, 5.74) is 5.70. The lowest BCUT2D eigenvalue weighted by Gasteiger charge is -2.10. The van der Waals surface area contributed by atoms with Gasteiger partial charge in [-0.2, -0.15) is 12.6 Å². The Morgan fingerprint density at radius 3 is 1.79 bits per heavy atom. The second kappa shape index (κ2) is 17.1. The van der Waals surface area contributed by atoms with Crippen LogP contribution in [-0.2, 0) is 9.59 Å². The van der Waals surface area contributed by atoms with E-state index in [2.05, 4.69) is 17.9 Å². The maximum Gasteiger partial charge on any atom is 0.303 e. The fourth-order valence-electron chi connectivity index (χ4n) is 2.61. The van der Waals surface area contributed by atoms with Crippen LogP contribution in [0.5, 0.6) is 0 Å². The van der Waals surface area contributed by atoms with Crippen molar-refractivity contribution >= 4 is 24.5 Å². The minimum absolute atomic E-state index is 0.0626. The van der Waals surface area contributed by atoms with Gasteiger partial charge in [-0.15, -0.1) is 0 Å². The summed E-state index contributed by atoms with van der Waals surface area (Å²) in [7, 11) is 0. The van der Waals surface area contributed by atoms with Crippen molar-refractivity contribution in [3.8, 4) is 0 Å². The van der Waals surface area contributed by atoms with E-state index in [4.69, 9.17) is 10.8 Å². The first kappa shape index (κ1) is 23.2. The molecule has 1 amide bonds. The highest BCUT2D eigenvalue weighted by molar-refractivity contribution is 7.80. The number of thiol groups is 1. The van der Waals surface area contributed by atoms with Crippen LogP contribution in [0.1, 0.15) is 83.5 Å². The smallest absolute Gasteiger partial charge is 0.303 e. The summed E-state index contributed by atoms with van der Waals surface area (Å²) in [5.74, 6) is -0.112. The number of rotatable bonds is 17. The molecular formula is C18H36N2O3S. The summed E-state index contributed by atoms with van der Waals surface area (Å²) in [6.07, 6.45) is 13.6. The monoisotopic (exact) mass is 360 g/mol. The van der Waals surface area contributed by atoms with Crippen LogP contribution in [0.4, 0.5) is 0 Å². The molecule has 4 N–H and O–H groups in total. The maximum atomic E-state index is 11.6. The second-order valence-electron chi connectivity index (χ2n) is 6.44. The Balaban J connectivity index is 3.18. The Labute approximate surface area is 152 Å². The zero-order chi connectivity index (χ0) is 18.0. The summed E-state index contributed by atoms with van der Waals surface area (Å²) >= 11 is 4.07. The highest BCUT2D eigenvalue weighted by Gasteiger charge is 2.10. The molecule has 0 aliphatic rings. The standard InChI is InChI=1S/C18H36N2O3S/c19-16(13-15-24)18(23)20-14-11-9-7-5-3-1-2-4-6-8-10-12-17(21)22/h16,24H,1-15,19H2,(H,20,23)(H,21,22). The quantitative estimate of drug-likeness (QED) is 0.236. The van der Waals surface area contributed by atoms with Crippen molar-refractivity contribution in [2.45, 2.75) is 89.5 Å². The molecule has 0 aromatic heterocycles. The van der Waals surface area contributed by atoms with Gasteiger partial charge in [-0.05, 0) is 25.0 Å². The lowest BCUT2D eigenvalue weighted by molar-refractivity contribution is -0.137. The van der Waals surface area contributed by atoms with Crippen LogP contribution in [-0.4, -0.2) is 35.3 Å². The molecule has 0 heterocycles. The van der Waals surface area contributed by atoms with E-state index in [9.17, 15) is 9.59 Å². The fraction of sp³-hybridized carbons (Fsp3) is 0.889. The lowest BCUT2D eigenvalue weighted by Crippen LogP contribution is -2.41. The van der Waals surface area contributed by atoms with Crippen molar-refractivity contribution in [3.63, 3.8) is 0 Å². The molecule has 0 spiro atoms. The van der Waals surface area contributed by atoms with E-state index >= 15 is 0 Å². The summed E-state index contributed by atoms with van der Waals surface area (Å²) < 4.78 is 0. The highest BCUT2D eigenvalue weighted by atomic mass is 32.1. The number of carbonyl (C=O) groups excluding carboxylic acids is 1. The number of carbonyl (C=O) groups is 2. The molecule has 142 valence electrons. The van der Waals surface area contributed by atoms with Crippen LogP contribution >= 0.6 is 12.6 Å². The first-order valence-electron chi connectivity index (χ1n) is 9.44. The van der Waals surface area contributed by atoms with Crippen molar-refractivity contribution in [2.24, 2.45) is 5.73 Å². The predicted octanol–water partition coefficient (Wildman–Crippen LogP) is 3.52. The number of amides is 1. The first-order chi connectivity index (χ1) is 11.6. The van der Waals surface area contributed by atoms with Crippen LogP contribution in [0.2, 0.25) is 0 Å². The molecular weight excluding hydrogens is 324 g/mol. The molecule has 0 aromatic rings. The summed E-state index contributed by atoms with van der Waals surface area (Å²) in [5, 5.41) is 11.4. The predicted molar refractivity (Wildman–Crippen MR) is 102 cm³/mol. The number of unbranched alkanes of at least 4 members (excludes halogenated alkanes) is 10. The molecule has 0 saturated heterocycles. The van der Waals surface area contributed by atoms with Crippen molar-refractivity contribution < 1.29 is 14.7 Å². The van der Waals surface area contributed by atoms with Gasteiger partial charge in [0.1, 0.15) is 0 Å². The summed E-state index contributed by atoms with van der Waals surface area (Å²) in [6.45, 7) is 0.718. The van der Waals surface area contributed by atoms with Crippen LogP contribution < -0.4 is 11.1 Å². The van der Waals surface area contributed by atoms with Gasteiger partial charge in [0.2, 0.25) is 5.91 Å². The number of carboxylic acids is 1. The van der Waals surface area contributed by atoms with Gasteiger partial charge in [0, 0.05) is 13.0 Å². The third kappa shape index (κ3) is 16.1. The fourth-order valence-corrected chi connectivity index (χ4v) is 2.88. The molecule has 0 aliphatic heterocycles. The Morgan fingerprint density at radius 2 is 1.33 bits per heavy atom. The molecule has 0 saturated carbocycles. The number of carboxylic acid groups (broad SMARTS) is 1. The Bertz CT molecular complexity index is 327. The minimum atomic E-state index is -0.685. The van der Waals surface area contributed by atoms with E-state index in [1.54, 1.807) is 0 Å². The molecule has 0 bridgehead atoms. The van der Waals surface area contributed by atoms with Gasteiger partial charge < -0.3 is 16.2 Å². The number of aliphatic carboxylic acids is 1. The van der Waals surface area contributed by atoms with E-state index in [0.717, 1.165) is 38.6 Å². The number of hydrogen-bond acceptors (Lipinski definition) is 4. The largest absolute Gasteiger partial charge is 0.481 e.